The third-order valence-electron chi connectivity index (χ3n) is 7.11. The van der Waals surface area contributed by atoms with Crippen molar-refractivity contribution in [2.75, 3.05) is 29.6 Å². The Morgan fingerprint density at radius 3 is 2.37 bits per heavy atom. The first-order valence-electron chi connectivity index (χ1n) is 15.0. The minimum Gasteiger partial charge on any atom is -0.378 e. The fourth-order valence-electron chi connectivity index (χ4n) is 4.53. The van der Waals surface area contributed by atoms with E-state index < -0.39 is 22.0 Å². The van der Waals surface area contributed by atoms with Gasteiger partial charge in [-0.2, -0.15) is 0 Å². The maximum Gasteiger partial charge on any atom is 0.272 e. The molecule has 13 heteroatoms. The molecule has 1 aromatic heterocycles. The van der Waals surface area contributed by atoms with Gasteiger partial charge in [0.15, 0.2) is 5.13 Å². The zero-order valence-corrected chi connectivity index (χ0v) is 28.4. The Morgan fingerprint density at radius 1 is 0.918 bits per heavy atom. The van der Waals surface area contributed by atoms with Gasteiger partial charge in [0.25, 0.3) is 17.5 Å². The molecule has 0 aliphatic heterocycles. The normalized spacial score (nSPS) is 11.7. The Hall–Kier alpha value is -5.79. The molecule has 1 heterocycles. The Balaban J connectivity index is 1.26. The molecule has 0 aliphatic rings. The van der Waals surface area contributed by atoms with Gasteiger partial charge < -0.3 is 20.9 Å². The van der Waals surface area contributed by atoms with Gasteiger partial charge >= 0.3 is 0 Å². The SMILES string of the molecule is CC(Sc1cccc(NC(=O)/C(=C\c2ccc(N(C)C)cc2)NC(=O)c2ccccc2)c1)C(=O)Nc1nc(-c2cccc([N+](=O)[O-])c2)cs1. The van der Waals surface area contributed by atoms with Gasteiger partial charge in [0, 0.05) is 59.0 Å². The monoisotopic (exact) mass is 692 g/mol. The lowest BCUT2D eigenvalue weighted by Crippen LogP contribution is -2.30. The second-order valence-electron chi connectivity index (χ2n) is 10.9. The summed E-state index contributed by atoms with van der Waals surface area (Å²) in [7, 11) is 3.87. The molecule has 0 saturated carbocycles. The van der Waals surface area contributed by atoms with Crippen molar-refractivity contribution >= 4 is 69.1 Å². The number of thioether (sulfide) groups is 1. The molecule has 3 amide bonds. The molecule has 3 N–H and O–H groups in total. The van der Waals surface area contributed by atoms with E-state index in [0.717, 1.165) is 16.1 Å². The minimum absolute atomic E-state index is 0.0429. The predicted molar refractivity (Wildman–Crippen MR) is 196 cm³/mol. The number of thiazole rings is 1. The van der Waals surface area contributed by atoms with Crippen LogP contribution in [0.15, 0.2) is 119 Å². The number of carbonyl (C=O) groups is 3. The highest BCUT2D eigenvalue weighted by atomic mass is 32.2. The summed E-state index contributed by atoms with van der Waals surface area (Å²) in [5.41, 5.74) is 3.72. The van der Waals surface area contributed by atoms with Crippen molar-refractivity contribution in [1.29, 1.82) is 0 Å². The number of nitro groups is 1. The molecular weight excluding hydrogens is 661 g/mol. The van der Waals surface area contributed by atoms with Crippen LogP contribution in [0.25, 0.3) is 17.3 Å². The number of nitro benzene ring substituents is 1. The summed E-state index contributed by atoms with van der Waals surface area (Å²) < 4.78 is 0. The van der Waals surface area contributed by atoms with Crippen molar-refractivity contribution in [3.8, 4) is 11.3 Å². The van der Waals surface area contributed by atoms with Crippen LogP contribution in [0.1, 0.15) is 22.8 Å². The third-order valence-corrected chi connectivity index (χ3v) is 8.96. The van der Waals surface area contributed by atoms with Gasteiger partial charge in [0.1, 0.15) is 5.70 Å². The van der Waals surface area contributed by atoms with E-state index in [1.165, 1.54) is 35.2 Å². The van der Waals surface area contributed by atoms with E-state index in [1.54, 1.807) is 79.0 Å². The van der Waals surface area contributed by atoms with Gasteiger partial charge in [-0.05, 0) is 61.0 Å². The lowest BCUT2D eigenvalue weighted by atomic mass is 10.1. The first kappa shape index (κ1) is 34.5. The Bertz CT molecular complexity index is 2010. The number of aromatic nitrogens is 1. The van der Waals surface area contributed by atoms with Crippen molar-refractivity contribution < 1.29 is 19.3 Å². The first-order valence-corrected chi connectivity index (χ1v) is 16.8. The van der Waals surface area contributed by atoms with Crippen LogP contribution in [0.4, 0.5) is 22.2 Å². The fraction of sp³-hybridized carbons (Fsp3) is 0.111. The van der Waals surface area contributed by atoms with E-state index in [2.05, 4.69) is 20.9 Å². The van der Waals surface area contributed by atoms with Crippen LogP contribution in [0, 0.1) is 10.1 Å². The third kappa shape index (κ3) is 9.40. The highest BCUT2D eigenvalue weighted by Gasteiger charge is 2.19. The Labute approximate surface area is 291 Å². The van der Waals surface area contributed by atoms with Crippen LogP contribution in [-0.4, -0.2) is 47.0 Å². The number of hydrogen-bond acceptors (Lipinski definition) is 9. The second-order valence-corrected chi connectivity index (χ2v) is 13.2. The van der Waals surface area contributed by atoms with E-state index in [1.807, 2.05) is 49.3 Å². The van der Waals surface area contributed by atoms with Gasteiger partial charge in [0.05, 0.1) is 15.9 Å². The summed E-state index contributed by atoms with van der Waals surface area (Å²) in [4.78, 5) is 57.4. The quantitative estimate of drug-likeness (QED) is 0.0534. The molecule has 4 aromatic carbocycles. The largest absolute Gasteiger partial charge is 0.378 e. The van der Waals surface area contributed by atoms with Crippen molar-refractivity contribution in [3.05, 3.63) is 135 Å². The van der Waals surface area contributed by atoms with Gasteiger partial charge in [-0.1, -0.05) is 48.5 Å². The number of nitrogens with zero attached hydrogens (tertiary/aromatic N) is 3. The highest BCUT2D eigenvalue weighted by molar-refractivity contribution is 8.00. The molecule has 5 rings (SSSR count). The van der Waals surface area contributed by atoms with Crippen molar-refractivity contribution in [3.63, 3.8) is 0 Å². The number of rotatable bonds is 12. The Kier molecular flexibility index (Phi) is 11.2. The van der Waals surface area contributed by atoms with Crippen LogP contribution >= 0.6 is 23.1 Å². The molecule has 0 fully saturated rings. The number of hydrogen-bond donors (Lipinski definition) is 3. The van der Waals surface area contributed by atoms with E-state index in [0.29, 0.717) is 27.6 Å². The molecule has 0 bridgehead atoms. The lowest BCUT2D eigenvalue weighted by Gasteiger charge is -2.14. The molecular formula is C36H32N6O5S2. The number of non-ortho nitro benzene ring substituents is 1. The average molecular weight is 693 g/mol. The van der Waals surface area contributed by atoms with Gasteiger partial charge in [-0.15, -0.1) is 23.1 Å². The topological polar surface area (TPSA) is 147 Å². The summed E-state index contributed by atoms with van der Waals surface area (Å²) in [6, 6.07) is 29.4. The van der Waals surface area contributed by atoms with E-state index in [4.69, 9.17) is 0 Å². The van der Waals surface area contributed by atoms with E-state index in [-0.39, 0.29) is 17.3 Å². The molecule has 11 nitrogen and oxygen atoms in total. The Morgan fingerprint density at radius 2 is 1.65 bits per heavy atom. The van der Waals surface area contributed by atoms with Crippen LogP contribution in [0.3, 0.4) is 0 Å². The highest BCUT2D eigenvalue weighted by Crippen LogP contribution is 2.30. The molecule has 1 atom stereocenters. The van der Waals surface area contributed by atoms with Gasteiger partial charge in [-0.25, -0.2) is 4.98 Å². The number of amides is 3. The number of anilines is 3. The van der Waals surface area contributed by atoms with Crippen LogP contribution in [0.5, 0.6) is 0 Å². The molecule has 49 heavy (non-hydrogen) atoms. The zero-order chi connectivity index (χ0) is 34.9. The molecule has 248 valence electrons. The second kappa shape index (κ2) is 15.9. The predicted octanol–water partition coefficient (Wildman–Crippen LogP) is 7.31. The standard InChI is InChI=1S/C36H32N6O5S2/c1-23(33(43)40-36-39-32(22-48-36)26-11-7-13-29(20-26)42(46)47)49-30-14-8-12-27(21-30)37-35(45)31(38-34(44)25-9-5-4-6-10-25)19-24-15-17-28(18-16-24)41(2)3/h4-23H,1-3H3,(H,37,45)(H,38,44)(H,39,40,43)/b31-19+. The number of nitrogens with one attached hydrogen (secondary N) is 3. The summed E-state index contributed by atoms with van der Waals surface area (Å²) in [5, 5.41) is 21.1. The smallest absolute Gasteiger partial charge is 0.272 e. The number of carbonyl (C=O) groups excluding carboxylic acids is 3. The molecule has 0 saturated heterocycles. The summed E-state index contributed by atoms with van der Waals surface area (Å²) >= 11 is 2.51. The molecule has 0 radical (unpaired) electrons. The first-order chi connectivity index (χ1) is 23.5. The maximum atomic E-state index is 13.5. The van der Waals surface area contributed by atoms with E-state index >= 15 is 0 Å². The van der Waals surface area contributed by atoms with E-state index in [9.17, 15) is 24.5 Å². The van der Waals surface area contributed by atoms with Gasteiger partial charge in [-0.3, -0.25) is 24.5 Å². The maximum absolute atomic E-state index is 13.5. The molecule has 0 aliphatic carbocycles. The average Bonchev–Trinajstić information content (AvgIpc) is 3.57. The summed E-state index contributed by atoms with van der Waals surface area (Å²) in [5.74, 6) is -1.22. The minimum atomic E-state index is -0.526. The molecule has 5 aromatic rings. The number of benzene rings is 4. The zero-order valence-electron chi connectivity index (χ0n) is 26.7. The van der Waals surface area contributed by atoms with Crippen LogP contribution in [0.2, 0.25) is 0 Å². The molecule has 0 spiro atoms. The van der Waals surface area contributed by atoms with Crippen molar-refractivity contribution in [1.82, 2.24) is 10.3 Å². The van der Waals surface area contributed by atoms with Crippen molar-refractivity contribution in [2.24, 2.45) is 0 Å². The summed E-state index contributed by atoms with van der Waals surface area (Å²) in [6.07, 6.45) is 1.61. The molecule has 1 unspecified atom stereocenters. The lowest BCUT2D eigenvalue weighted by molar-refractivity contribution is -0.384. The van der Waals surface area contributed by atoms with Crippen LogP contribution < -0.4 is 20.9 Å². The van der Waals surface area contributed by atoms with Gasteiger partial charge in [0.2, 0.25) is 5.91 Å². The summed E-state index contributed by atoms with van der Waals surface area (Å²) in [6.45, 7) is 1.75. The van der Waals surface area contributed by atoms with Crippen molar-refractivity contribution in [2.45, 2.75) is 17.1 Å². The fourth-order valence-corrected chi connectivity index (χ4v) is 6.18. The van der Waals surface area contributed by atoms with Crippen LogP contribution in [-0.2, 0) is 9.59 Å².